The van der Waals surface area contributed by atoms with Gasteiger partial charge in [-0.2, -0.15) is 0 Å². The molecule has 3 rings (SSSR count). The van der Waals surface area contributed by atoms with E-state index in [1.807, 2.05) is 49.4 Å². The Labute approximate surface area is 111 Å². The molecule has 0 aliphatic carbocycles. The molecule has 0 radical (unpaired) electrons. The van der Waals surface area contributed by atoms with Crippen molar-refractivity contribution in [2.24, 2.45) is 4.99 Å². The highest BCUT2D eigenvalue weighted by Gasteiger charge is 2.14. The minimum absolute atomic E-state index is 0.00578. The van der Waals surface area contributed by atoms with Crippen LogP contribution in [0.25, 0.3) is 12.3 Å². The molecule has 92 valence electrons. The number of carbonyl (C=O) groups excluding carboxylic acids is 1. The lowest BCUT2D eigenvalue weighted by Gasteiger charge is -2.10. The molecule has 0 unspecified atom stereocenters. The molecule has 2 aromatic rings. The van der Waals surface area contributed by atoms with Crippen molar-refractivity contribution in [2.45, 2.75) is 6.92 Å². The first kappa shape index (κ1) is 11.6. The van der Waals surface area contributed by atoms with Crippen LogP contribution in [0, 0.1) is 6.92 Å². The van der Waals surface area contributed by atoms with E-state index in [9.17, 15) is 4.79 Å². The van der Waals surface area contributed by atoms with Crippen LogP contribution in [-0.2, 0) is 0 Å². The van der Waals surface area contributed by atoms with Crippen LogP contribution >= 0.6 is 0 Å². The smallest absolute Gasteiger partial charge is 0.190 e. The largest absolute Gasteiger partial charge is 0.289 e. The lowest BCUT2D eigenvalue weighted by molar-refractivity contribution is 0.104. The van der Waals surface area contributed by atoms with Crippen LogP contribution in [0.3, 0.4) is 0 Å². The first-order chi connectivity index (χ1) is 9.16. The number of allylic oxidation sites excluding steroid dienone is 1. The maximum absolute atomic E-state index is 12.2. The molecule has 0 spiro atoms. The van der Waals surface area contributed by atoms with Crippen molar-refractivity contribution in [2.75, 3.05) is 0 Å². The summed E-state index contributed by atoms with van der Waals surface area (Å²) in [4.78, 5) is 16.8. The van der Waals surface area contributed by atoms with Crippen LogP contribution in [0.1, 0.15) is 21.5 Å². The Balaban J connectivity index is 2.29. The maximum Gasteiger partial charge on any atom is 0.190 e. The summed E-state index contributed by atoms with van der Waals surface area (Å²) in [7, 11) is 0. The van der Waals surface area contributed by atoms with Crippen molar-refractivity contribution in [1.29, 1.82) is 0 Å². The zero-order valence-corrected chi connectivity index (χ0v) is 10.7. The fourth-order valence-electron chi connectivity index (χ4n) is 2.18. The van der Waals surface area contributed by atoms with Crippen LogP contribution in [0.2, 0.25) is 0 Å². The third-order valence-electron chi connectivity index (χ3n) is 3.35. The van der Waals surface area contributed by atoms with E-state index in [1.54, 1.807) is 6.08 Å². The highest BCUT2D eigenvalue weighted by Crippen LogP contribution is 2.18. The lowest BCUT2D eigenvalue weighted by Crippen LogP contribution is -2.33. The van der Waals surface area contributed by atoms with Crippen molar-refractivity contribution in [1.82, 2.24) is 0 Å². The highest BCUT2D eigenvalue weighted by atomic mass is 16.1. The van der Waals surface area contributed by atoms with Gasteiger partial charge in [-0.05, 0) is 23.8 Å². The predicted octanol–water partition coefficient (Wildman–Crippen LogP) is 2.26. The number of hydrogen-bond donors (Lipinski definition) is 0. The number of rotatable bonds is 1. The average Bonchev–Trinajstić information content (AvgIpc) is 2.44. The molecule has 0 bridgehead atoms. The summed E-state index contributed by atoms with van der Waals surface area (Å²) in [5.41, 5.74) is 3.33. The van der Waals surface area contributed by atoms with Gasteiger partial charge >= 0.3 is 0 Å². The molecule has 0 atom stereocenters. The number of nitrogens with zero attached hydrogens (tertiary/aromatic N) is 1. The summed E-state index contributed by atoms with van der Waals surface area (Å²) in [5, 5.41) is 1.53. The summed E-state index contributed by atoms with van der Waals surface area (Å²) in [6, 6.07) is 13.5. The Morgan fingerprint density at radius 3 is 2.53 bits per heavy atom. The molecule has 2 aromatic carbocycles. The topological polar surface area (TPSA) is 29.4 Å². The predicted molar refractivity (Wildman–Crippen MR) is 76.2 cm³/mol. The lowest BCUT2D eigenvalue weighted by atomic mass is 10.0. The molecular formula is C17H13NO. The first-order valence-electron chi connectivity index (χ1n) is 6.15. The zero-order chi connectivity index (χ0) is 13.4. The van der Waals surface area contributed by atoms with Gasteiger partial charge in [-0.25, -0.2) is 4.99 Å². The second-order valence-corrected chi connectivity index (χ2v) is 4.63. The second-order valence-electron chi connectivity index (χ2n) is 4.63. The van der Waals surface area contributed by atoms with Gasteiger partial charge < -0.3 is 0 Å². The molecule has 0 aromatic heterocycles. The van der Waals surface area contributed by atoms with E-state index in [4.69, 9.17) is 0 Å². The van der Waals surface area contributed by atoms with Gasteiger partial charge in [0.05, 0.1) is 11.1 Å². The summed E-state index contributed by atoms with van der Waals surface area (Å²) in [6.45, 7) is 6.00. The van der Waals surface area contributed by atoms with Gasteiger partial charge in [-0.3, -0.25) is 4.79 Å². The standard InChI is InChI=1S/C17H13NO/c1-11-8-9-14-16(19)10-15(18-17(14)12(11)2)13-6-4-3-5-7-13/h3-10H,2H2,1H3. The Morgan fingerprint density at radius 1 is 1.05 bits per heavy atom. The molecule has 1 aliphatic heterocycles. The van der Waals surface area contributed by atoms with Gasteiger partial charge in [0.2, 0.25) is 0 Å². The van der Waals surface area contributed by atoms with E-state index >= 15 is 0 Å². The van der Waals surface area contributed by atoms with Crippen LogP contribution in [0.15, 0.2) is 53.5 Å². The van der Waals surface area contributed by atoms with Gasteiger partial charge in [-0.1, -0.05) is 43.0 Å². The number of ketones is 1. The molecule has 0 fully saturated rings. The summed E-state index contributed by atoms with van der Waals surface area (Å²) >= 11 is 0. The van der Waals surface area contributed by atoms with Gasteiger partial charge in [0.25, 0.3) is 0 Å². The fourth-order valence-corrected chi connectivity index (χ4v) is 2.18. The van der Waals surface area contributed by atoms with Gasteiger partial charge in [0, 0.05) is 17.2 Å². The molecule has 1 aliphatic rings. The van der Waals surface area contributed by atoms with E-state index in [0.29, 0.717) is 16.6 Å². The second kappa shape index (κ2) is 4.32. The van der Waals surface area contributed by atoms with Crippen molar-refractivity contribution < 1.29 is 4.79 Å². The Bertz CT molecular complexity index is 801. The van der Waals surface area contributed by atoms with Crippen LogP contribution in [-0.4, -0.2) is 5.78 Å². The minimum Gasteiger partial charge on any atom is -0.289 e. The normalized spacial score (nSPS) is 13.5. The van der Waals surface area contributed by atoms with Crippen molar-refractivity contribution in [3.8, 4) is 0 Å². The number of benzene rings is 2. The Hall–Kier alpha value is -2.48. The van der Waals surface area contributed by atoms with E-state index < -0.39 is 0 Å². The minimum atomic E-state index is -0.00578. The number of hydrogen-bond acceptors (Lipinski definition) is 2. The van der Waals surface area contributed by atoms with Crippen molar-refractivity contribution in [3.63, 3.8) is 0 Å². The van der Waals surface area contributed by atoms with E-state index in [1.165, 1.54) is 0 Å². The number of aryl methyl sites for hydroxylation is 1. The monoisotopic (exact) mass is 247 g/mol. The first-order valence-corrected chi connectivity index (χ1v) is 6.15. The molecule has 0 N–H and O–H groups in total. The van der Waals surface area contributed by atoms with Crippen molar-refractivity contribution >= 4 is 18.1 Å². The quantitative estimate of drug-likeness (QED) is 0.760. The molecular weight excluding hydrogens is 234 g/mol. The SMILES string of the molecule is C=c1c(C)ccc2c1=NC(c1ccccc1)=CC2=O. The molecule has 2 nitrogen and oxygen atoms in total. The summed E-state index contributed by atoms with van der Waals surface area (Å²) < 4.78 is 0. The number of carbonyl (C=O) groups is 1. The Morgan fingerprint density at radius 2 is 1.79 bits per heavy atom. The van der Waals surface area contributed by atoms with Gasteiger partial charge in [-0.15, -0.1) is 0 Å². The van der Waals surface area contributed by atoms with Gasteiger partial charge in [0.15, 0.2) is 5.78 Å². The van der Waals surface area contributed by atoms with E-state index in [-0.39, 0.29) is 5.78 Å². The molecule has 19 heavy (non-hydrogen) atoms. The van der Waals surface area contributed by atoms with E-state index in [0.717, 1.165) is 16.3 Å². The molecule has 0 saturated heterocycles. The fraction of sp³-hybridized carbons (Fsp3) is 0.0588. The number of fused-ring (bicyclic) bond motifs is 1. The van der Waals surface area contributed by atoms with Crippen LogP contribution < -0.4 is 10.6 Å². The van der Waals surface area contributed by atoms with Crippen LogP contribution in [0.5, 0.6) is 0 Å². The van der Waals surface area contributed by atoms with Gasteiger partial charge in [0.1, 0.15) is 0 Å². The molecule has 2 heteroatoms. The Kier molecular flexibility index (Phi) is 2.64. The van der Waals surface area contributed by atoms with Crippen LogP contribution in [0.4, 0.5) is 0 Å². The highest BCUT2D eigenvalue weighted by molar-refractivity contribution is 6.09. The molecule has 1 heterocycles. The zero-order valence-electron chi connectivity index (χ0n) is 10.7. The molecule has 0 amide bonds. The third-order valence-corrected chi connectivity index (χ3v) is 3.35. The average molecular weight is 247 g/mol. The maximum atomic E-state index is 12.2. The summed E-state index contributed by atoms with van der Waals surface area (Å²) in [5.74, 6) is -0.00578. The van der Waals surface area contributed by atoms with Crippen molar-refractivity contribution in [3.05, 3.63) is 75.8 Å². The third kappa shape index (κ3) is 1.91. The van der Waals surface area contributed by atoms with E-state index in [2.05, 4.69) is 11.6 Å². The summed E-state index contributed by atoms with van der Waals surface area (Å²) in [6.07, 6.45) is 1.59. The molecule has 0 saturated carbocycles.